The van der Waals surface area contributed by atoms with E-state index < -0.39 is 35.0 Å². The molecule has 11 heteroatoms. The second-order valence-corrected chi connectivity index (χ2v) is 10.9. The predicted molar refractivity (Wildman–Crippen MR) is 147 cm³/mol. The molecule has 4 aromatic carbocycles. The van der Waals surface area contributed by atoms with Crippen LogP contribution >= 0.6 is 0 Å². The van der Waals surface area contributed by atoms with Gasteiger partial charge in [0.15, 0.2) is 25.6 Å². The summed E-state index contributed by atoms with van der Waals surface area (Å²) in [6.45, 7) is -1.06. The van der Waals surface area contributed by atoms with E-state index in [-0.39, 0.29) is 23.0 Å². The average Bonchev–Trinajstić information content (AvgIpc) is 2.98. The number of carbonyl (C=O) groups is 3. The van der Waals surface area contributed by atoms with E-state index in [0.717, 1.165) is 10.8 Å². The molecule has 1 amide bonds. The number of Topliss-reactive ketones (excluding diaryl/α,β-unsaturated/α-hetero) is 1. The molecule has 0 fully saturated rings. The second-order valence-electron chi connectivity index (χ2n) is 8.90. The quantitative estimate of drug-likeness (QED) is 0.242. The summed E-state index contributed by atoms with van der Waals surface area (Å²) in [6, 6.07) is 23.2. The summed E-state index contributed by atoms with van der Waals surface area (Å²) < 4.78 is 43.2. The minimum Gasteiger partial charge on any atom is -0.482 e. The number of nitrogens with one attached hydrogen (secondary N) is 1. The molecule has 0 radical (unpaired) electrons. The number of benzene rings is 4. The molecule has 4 aromatic rings. The maximum Gasteiger partial charge on any atom is 0.344 e. The first-order valence-electron chi connectivity index (χ1n) is 12.2. The van der Waals surface area contributed by atoms with Crippen molar-refractivity contribution in [2.45, 2.75) is 4.90 Å². The Hall–Kier alpha value is -4.90. The Morgan fingerprint density at radius 3 is 2.45 bits per heavy atom. The van der Waals surface area contributed by atoms with Crippen molar-refractivity contribution in [3.63, 3.8) is 0 Å². The van der Waals surface area contributed by atoms with E-state index >= 15 is 0 Å². The molecule has 1 heterocycles. The van der Waals surface area contributed by atoms with Crippen LogP contribution < -0.4 is 19.1 Å². The third-order valence-corrected chi connectivity index (χ3v) is 8.02. The number of rotatable bonds is 9. The number of nitrogens with zero attached hydrogens (tertiary/aromatic N) is 1. The predicted octanol–water partition coefficient (Wildman–Crippen LogP) is 3.80. The lowest BCUT2D eigenvalue weighted by Gasteiger charge is -2.20. The topological polar surface area (TPSA) is 128 Å². The number of amides is 1. The van der Waals surface area contributed by atoms with E-state index in [4.69, 9.17) is 14.2 Å². The van der Waals surface area contributed by atoms with Gasteiger partial charge in [0, 0.05) is 12.6 Å². The van der Waals surface area contributed by atoms with Crippen molar-refractivity contribution in [2.24, 2.45) is 0 Å². The molecule has 1 aliphatic heterocycles. The number of carbonyl (C=O) groups excluding carboxylic acids is 3. The molecule has 0 saturated heterocycles. The third kappa shape index (κ3) is 5.74. The second kappa shape index (κ2) is 11.1. The molecule has 0 spiro atoms. The van der Waals surface area contributed by atoms with Crippen LogP contribution in [0.25, 0.3) is 10.8 Å². The molecule has 0 saturated carbocycles. The van der Waals surface area contributed by atoms with Crippen LogP contribution in [0.15, 0.2) is 89.8 Å². The summed E-state index contributed by atoms with van der Waals surface area (Å²) >= 11 is 0. The number of sulfonamides is 1. The Morgan fingerprint density at radius 2 is 1.68 bits per heavy atom. The van der Waals surface area contributed by atoms with Crippen LogP contribution in [-0.2, 0) is 24.3 Å². The molecule has 0 bridgehead atoms. The minimum absolute atomic E-state index is 0.0955. The van der Waals surface area contributed by atoms with E-state index in [2.05, 4.69) is 5.32 Å². The first kappa shape index (κ1) is 26.7. The van der Waals surface area contributed by atoms with Crippen molar-refractivity contribution in [3.8, 4) is 11.5 Å². The maximum atomic E-state index is 13.2. The molecular weight excluding hydrogens is 536 g/mol. The fraction of sp³-hybridized carbons (Fsp3) is 0.138. The van der Waals surface area contributed by atoms with Gasteiger partial charge in [-0.05, 0) is 65.4 Å². The van der Waals surface area contributed by atoms with Gasteiger partial charge in [0.2, 0.25) is 0 Å². The van der Waals surface area contributed by atoms with Crippen LogP contribution in [0.3, 0.4) is 0 Å². The van der Waals surface area contributed by atoms with Crippen molar-refractivity contribution in [3.05, 3.63) is 90.5 Å². The molecule has 5 rings (SSSR count). The van der Waals surface area contributed by atoms with Crippen LogP contribution in [0.2, 0.25) is 0 Å². The molecule has 40 heavy (non-hydrogen) atoms. The highest BCUT2D eigenvalue weighted by molar-refractivity contribution is 7.92. The lowest BCUT2D eigenvalue weighted by molar-refractivity contribution is -0.144. The lowest BCUT2D eigenvalue weighted by Crippen LogP contribution is -2.26. The van der Waals surface area contributed by atoms with Crippen LogP contribution in [0.5, 0.6) is 11.5 Å². The van der Waals surface area contributed by atoms with Crippen LogP contribution in [0.1, 0.15) is 10.4 Å². The fourth-order valence-corrected chi connectivity index (χ4v) is 5.28. The van der Waals surface area contributed by atoms with Gasteiger partial charge >= 0.3 is 5.97 Å². The Labute approximate surface area is 230 Å². The van der Waals surface area contributed by atoms with Gasteiger partial charge in [-0.1, -0.05) is 30.3 Å². The van der Waals surface area contributed by atoms with Gasteiger partial charge in [0.1, 0.15) is 11.5 Å². The molecule has 0 aliphatic carbocycles. The zero-order valence-corrected chi connectivity index (χ0v) is 22.1. The molecule has 1 aliphatic rings. The Balaban J connectivity index is 1.14. The molecule has 0 aromatic heterocycles. The van der Waals surface area contributed by atoms with Gasteiger partial charge in [-0.15, -0.1) is 0 Å². The molecule has 1 N–H and O–H groups in total. The fourth-order valence-electron chi connectivity index (χ4n) is 4.05. The summed E-state index contributed by atoms with van der Waals surface area (Å²) in [7, 11) is -2.35. The maximum absolute atomic E-state index is 13.2. The van der Waals surface area contributed by atoms with Crippen molar-refractivity contribution in [1.29, 1.82) is 0 Å². The molecule has 0 unspecified atom stereocenters. The standard InChI is InChI=1S/C29H24N2O8S/c1-31(40(35,36)24-12-6-19-4-2-3-5-20(19)14-24)22-8-10-23(11-9-22)37-18-29(34)39-16-26(32)21-7-13-27-25(15-21)30-28(33)17-38-27/h2-15H,16-18H2,1H3,(H,30,33). The lowest BCUT2D eigenvalue weighted by atomic mass is 10.1. The Kier molecular flexibility index (Phi) is 7.39. The van der Waals surface area contributed by atoms with E-state index in [0.29, 0.717) is 22.9 Å². The van der Waals surface area contributed by atoms with E-state index in [1.165, 1.54) is 35.6 Å². The van der Waals surface area contributed by atoms with Crippen molar-refractivity contribution in [1.82, 2.24) is 0 Å². The zero-order chi connectivity index (χ0) is 28.3. The van der Waals surface area contributed by atoms with Crippen molar-refractivity contribution >= 4 is 49.8 Å². The van der Waals surface area contributed by atoms with E-state index in [1.807, 2.05) is 24.3 Å². The normalized spacial score (nSPS) is 12.6. The number of anilines is 2. The minimum atomic E-state index is -3.81. The van der Waals surface area contributed by atoms with Crippen molar-refractivity contribution < 1.29 is 37.0 Å². The summed E-state index contributed by atoms with van der Waals surface area (Å²) in [4.78, 5) is 36.2. The Bertz CT molecular complexity index is 1720. The van der Waals surface area contributed by atoms with Gasteiger partial charge in [0.05, 0.1) is 16.3 Å². The van der Waals surface area contributed by atoms with E-state index in [9.17, 15) is 22.8 Å². The van der Waals surface area contributed by atoms with Crippen LogP contribution in [0.4, 0.5) is 11.4 Å². The molecule has 204 valence electrons. The number of fused-ring (bicyclic) bond motifs is 2. The summed E-state index contributed by atoms with van der Waals surface area (Å²) in [5.74, 6) is -0.787. The number of esters is 1. The largest absolute Gasteiger partial charge is 0.482 e. The SMILES string of the molecule is CN(c1ccc(OCC(=O)OCC(=O)c2ccc3c(c2)NC(=O)CO3)cc1)S(=O)(=O)c1ccc2ccccc2c1. The first-order valence-corrected chi connectivity index (χ1v) is 13.6. The van der Waals surface area contributed by atoms with Gasteiger partial charge in [-0.25, -0.2) is 13.2 Å². The molecular formula is C29H24N2O8S. The molecule has 10 nitrogen and oxygen atoms in total. The monoisotopic (exact) mass is 560 g/mol. The van der Waals surface area contributed by atoms with Gasteiger partial charge < -0.3 is 19.5 Å². The van der Waals surface area contributed by atoms with Gasteiger partial charge in [0.25, 0.3) is 15.9 Å². The first-order chi connectivity index (χ1) is 19.2. The highest BCUT2D eigenvalue weighted by Crippen LogP contribution is 2.29. The summed E-state index contributed by atoms with van der Waals surface area (Å²) in [5, 5.41) is 4.37. The number of ether oxygens (including phenoxy) is 3. The average molecular weight is 561 g/mol. The highest BCUT2D eigenvalue weighted by atomic mass is 32.2. The summed E-state index contributed by atoms with van der Waals surface area (Å²) in [5.41, 5.74) is 1.02. The highest BCUT2D eigenvalue weighted by Gasteiger charge is 2.22. The zero-order valence-electron chi connectivity index (χ0n) is 21.3. The smallest absolute Gasteiger partial charge is 0.344 e. The summed E-state index contributed by atoms with van der Waals surface area (Å²) in [6.07, 6.45) is 0. The third-order valence-electron chi connectivity index (χ3n) is 6.23. The number of ketones is 1. The van der Waals surface area contributed by atoms with Crippen LogP contribution in [-0.4, -0.2) is 52.9 Å². The van der Waals surface area contributed by atoms with E-state index in [1.54, 1.807) is 36.4 Å². The van der Waals surface area contributed by atoms with Crippen LogP contribution in [0, 0.1) is 0 Å². The number of hydrogen-bond acceptors (Lipinski definition) is 8. The van der Waals surface area contributed by atoms with Gasteiger partial charge in [-0.2, -0.15) is 0 Å². The molecule has 0 atom stereocenters. The van der Waals surface area contributed by atoms with Gasteiger partial charge in [-0.3, -0.25) is 13.9 Å². The van der Waals surface area contributed by atoms with Crippen molar-refractivity contribution in [2.75, 3.05) is 36.5 Å². The Morgan fingerprint density at radius 1 is 0.925 bits per heavy atom. The number of hydrogen-bond donors (Lipinski definition) is 1.